The summed E-state index contributed by atoms with van der Waals surface area (Å²) in [5.74, 6) is 0.759. The SMILES string of the molecule is CCCCCCCCCCC(C)CCO[Si](c1ccccc1)c1ccccc1. The van der Waals surface area contributed by atoms with Crippen molar-refractivity contribution in [2.45, 2.75) is 78.1 Å². The molecule has 1 atom stereocenters. The topological polar surface area (TPSA) is 9.23 Å². The van der Waals surface area contributed by atoms with Gasteiger partial charge in [-0.2, -0.15) is 0 Å². The van der Waals surface area contributed by atoms with Crippen molar-refractivity contribution in [2.24, 2.45) is 5.92 Å². The van der Waals surface area contributed by atoms with Crippen LogP contribution in [0, 0.1) is 5.92 Å². The van der Waals surface area contributed by atoms with E-state index >= 15 is 0 Å². The molecule has 2 aromatic rings. The van der Waals surface area contributed by atoms with Gasteiger partial charge in [0.15, 0.2) is 0 Å². The number of unbranched alkanes of at least 4 members (excludes halogenated alkanes) is 7. The Morgan fingerprint density at radius 1 is 0.679 bits per heavy atom. The fourth-order valence-electron chi connectivity index (χ4n) is 3.65. The van der Waals surface area contributed by atoms with Crippen LogP contribution < -0.4 is 10.4 Å². The summed E-state index contributed by atoms with van der Waals surface area (Å²) in [6, 6.07) is 21.5. The van der Waals surface area contributed by atoms with Crippen LogP contribution in [-0.4, -0.2) is 15.6 Å². The van der Waals surface area contributed by atoms with Gasteiger partial charge in [-0.15, -0.1) is 0 Å². The zero-order chi connectivity index (χ0) is 19.9. The van der Waals surface area contributed by atoms with E-state index in [1.165, 1.54) is 74.6 Å². The molecule has 0 aromatic heterocycles. The number of hydrogen-bond donors (Lipinski definition) is 0. The smallest absolute Gasteiger partial charge is 0.282 e. The predicted octanol–water partition coefficient (Wildman–Crippen LogP) is 6.37. The molecule has 153 valence electrons. The van der Waals surface area contributed by atoms with Crippen LogP contribution in [0.2, 0.25) is 0 Å². The van der Waals surface area contributed by atoms with Gasteiger partial charge in [0, 0.05) is 6.61 Å². The second-order valence-electron chi connectivity index (χ2n) is 8.07. The van der Waals surface area contributed by atoms with Gasteiger partial charge in [0.05, 0.1) is 0 Å². The molecule has 2 rings (SSSR count). The lowest BCUT2D eigenvalue weighted by molar-refractivity contribution is 0.287. The predicted molar refractivity (Wildman–Crippen MR) is 125 cm³/mol. The minimum atomic E-state index is -1.13. The Bertz CT molecular complexity index is 559. The van der Waals surface area contributed by atoms with Gasteiger partial charge >= 0.3 is 0 Å². The van der Waals surface area contributed by atoms with E-state index in [0.717, 1.165) is 12.5 Å². The molecular formula is C26H39OSi. The van der Waals surface area contributed by atoms with Crippen molar-refractivity contribution >= 4 is 19.4 Å². The Balaban J connectivity index is 1.66. The Labute approximate surface area is 175 Å². The fourth-order valence-corrected chi connectivity index (χ4v) is 5.62. The first-order chi connectivity index (χ1) is 13.8. The van der Waals surface area contributed by atoms with E-state index in [-0.39, 0.29) is 0 Å². The Hall–Kier alpha value is -1.38. The number of rotatable bonds is 15. The maximum atomic E-state index is 6.47. The quantitative estimate of drug-likeness (QED) is 0.252. The van der Waals surface area contributed by atoms with Crippen molar-refractivity contribution in [3.63, 3.8) is 0 Å². The number of hydrogen-bond acceptors (Lipinski definition) is 1. The zero-order valence-electron chi connectivity index (χ0n) is 18.0. The molecule has 28 heavy (non-hydrogen) atoms. The lowest BCUT2D eigenvalue weighted by Gasteiger charge is -2.18. The van der Waals surface area contributed by atoms with E-state index in [9.17, 15) is 0 Å². The van der Waals surface area contributed by atoms with Gasteiger partial charge in [-0.25, -0.2) is 0 Å². The van der Waals surface area contributed by atoms with Crippen LogP contribution in [-0.2, 0) is 4.43 Å². The molecule has 0 spiro atoms. The molecule has 0 N–H and O–H groups in total. The molecule has 0 aliphatic heterocycles. The van der Waals surface area contributed by atoms with Crippen LogP contribution in [0.3, 0.4) is 0 Å². The minimum absolute atomic E-state index is 0.759. The van der Waals surface area contributed by atoms with Gasteiger partial charge in [0.1, 0.15) is 0 Å². The highest BCUT2D eigenvalue weighted by molar-refractivity contribution is 6.80. The third-order valence-electron chi connectivity index (χ3n) is 5.48. The van der Waals surface area contributed by atoms with Gasteiger partial charge in [-0.3, -0.25) is 0 Å². The molecule has 1 nitrogen and oxygen atoms in total. The fraction of sp³-hybridized carbons (Fsp3) is 0.538. The van der Waals surface area contributed by atoms with E-state index < -0.39 is 9.04 Å². The first-order valence-corrected chi connectivity index (χ1v) is 12.8. The molecular weight excluding hydrogens is 356 g/mol. The highest BCUT2D eigenvalue weighted by Crippen LogP contribution is 2.15. The van der Waals surface area contributed by atoms with Gasteiger partial charge in [-0.1, -0.05) is 132 Å². The first kappa shape index (κ1) is 22.9. The van der Waals surface area contributed by atoms with Gasteiger partial charge in [-0.05, 0) is 22.7 Å². The molecule has 2 aromatic carbocycles. The summed E-state index contributed by atoms with van der Waals surface area (Å²) in [6.45, 7) is 5.55. The molecule has 1 unspecified atom stereocenters. The Kier molecular flexibility index (Phi) is 11.9. The maximum absolute atomic E-state index is 6.47. The zero-order valence-corrected chi connectivity index (χ0v) is 19.0. The average molecular weight is 396 g/mol. The standard InChI is InChI=1S/C26H39OSi/c1-3-4-5-6-7-8-9-12-17-24(2)22-23-27-28(25-18-13-10-14-19-25)26-20-15-11-16-21-26/h10-11,13-16,18-21,24H,3-9,12,17,22-23H2,1-2H3. The summed E-state index contributed by atoms with van der Waals surface area (Å²) >= 11 is 0. The van der Waals surface area contributed by atoms with E-state index in [2.05, 4.69) is 74.5 Å². The third kappa shape index (κ3) is 9.21. The molecule has 0 saturated heterocycles. The van der Waals surface area contributed by atoms with Crippen molar-refractivity contribution in [1.82, 2.24) is 0 Å². The molecule has 2 heteroatoms. The lowest BCUT2D eigenvalue weighted by atomic mass is 9.99. The van der Waals surface area contributed by atoms with E-state index in [1.54, 1.807) is 0 Å². The average Bonchev–Trinajstić information content (AvgIpc) is 2.74. The lowest BCUT2D eigenvalue weighted by Crippen LogP contribution is -2.45. The van der Waals surface area contributed by atoms with Crippen molar-refractivity contribution in [3.8, 4) is 0 Å². The van der Waals surface area contributed by atoms with Crippen molar-refractivity contribution < 1.29 is 4.43 Å². The molecule has 0 bridgehead atoms. The molecule has 1 radical (unpaired) electrons. The van der Waals surface area contributed by atoms with Crippen molar-refractivity contribution in [3.05, 3.63) is 60.7 Å². The molecule has 0 aliphatic rings. The third-order valence-corrected chi connectivity index (χ3v) is 7.69. The van der Waals surface area contributed by atoms with Crippen molar-refractivity contribution in [2.75, 3.05) is 6.61 Å². The molecule has 0 heterocycles. The van der Waals surface area contributed by atoms with Gasteiger partial charge in [0.2, 0.25) is 0 Å². The second kappa shape index (κ2) is 14.6. The van der Waals surface area contributed by atoms with Crippen LogP contribution >= 0.6 is 0 Å². The summed E-state index contributed by atoms with van der Waals surface area (Å²) < 4.78 is 6.47. The molecule has 0 aliphatic carbocycles. The molecule has 0 amide bonds. The van der Waals surface area contributed by atoms with E-state index in [4.69, 9.17) is 4.43 Å². The summed E-state index contributed by atoms with van der Waals surface area (Å²) in [4.78, 5) is 0. The van der Waals surface area contributed by atoms with E-state index in [1.807, 2.05) is 0 Å². The van der Waals surface area contributed by atoms with Gasteiger partial charge < -0.3 is 4.43 Å². The van der Waals surface area contributed by atoms with Crippen LogP contribution in [0.1, 0.15) is 78.1 Å². The maximum Gasteiger partial charge on any atom is 0.282 e. The highest BCUT2D eigenvalue weighted by Gasteiger charge is 2.19. The molecule has 0 saturated carbocycles. The Morgan fingerprint density at radius 2 is 1.18 bits per heavy atom. The first-order valence-electron chi connectivity index (χ1n) is 11.4. The summed E-state index contributed by atoms with van der Waals surface area (Å²) in [5, 5.41) is 2.68. The van der Waals surface area contributed by atoms with Crippen molar-refractivity contribution in [1.29, 1.82) is 0 Å². The summed E-state index contributed by atoms with van der Waals surface area (Å²) in [6.07, 6.45) is 13.8. The van der Waals surface area contributed by atoms with E-state index in [0.29, 0.717) is 0 Å². The monoisotopic (exact) mass is 395 g/mol. The van der Waals surface area contributed by atoms with Crippen LogP contribution in [0.25, 0.3) is 0 Å². The van der Waals surface area contributed by atoms with Gasteiger partial charge in [0.25, 0.3) is 9.04 Å². The summed E-state index contributed by atoms with van der Waals surface area (Å²) in [5.41, 5.74) is 0. The summed E-state index contributed by atoms with van der Waals surface area (Å²) in [7, 11) is -1.13. The normalized spacial score (nSPS) is 12.4. The second-order valence-corrected chi connectivity index (χ2v) is 10.2. The minimum Gasteiger partial charge on any atom is -0.407 e. The van der Waals surface area contributed by atoms with Crippen LogP contribution in [0.5, 0.6) is 0 Å². The number of benzene rings is 2. The van der Waals surface area contributed by atoms with Crippen LogP contribution in [0.15, 0.2) is 60.7 Å². The Morgan fingerprint density at radius 3 is 1.71 bits per heavy atom. The highest BCUT2D eigenvalue weighted by atomic mass is 28.3. The largest absolute Gasteiger partial charge is 0.407 e. The van der Waals surface area contributed by atoms with Crippen LogP contribution in [0.4, 0.5) is 0 Å². The molecule has 0 fully saturated rings.